The number of hydrogen-bond acceptors (Lipinski definition) is 7. The van der Waals surface area contributed by atoms with Crippen LogP contribution in [0.25, 0.3) is 11.5 Å². The summed E-state index contributed by atoms with van der Waals surface area (Å²) in [6.07, 6.45) is 6.59. The van der Waals surface area contributed by atoms with Gasteiger partial charge in [0.2, 0.25) is 0 Å². The molecule has 0 aliphatic rings. The van der Waals surface area contributed by atoms with Gasteiger partial charge < -0.3 is 4.42 Å². The Bertz CT molecular complexity index is 853. The number of furan rings is 1. The molecule has 116 valence electrons. The van der Waals surface area contributed by atoms with E-state index in [2.05, 4.69) is 20.6 Å². The molecule has 3 rings (SSSR count). The molecule has 9 nitrogen and oxygen atoms in total. The van der Waals surface area contributed by atoms with Crippen molar-refractivity contribution >= 4 is 17.8 Å². The van der Waals surface area contributed by atoms with Gasteiger partial charge in [-0.15, -0.1) is 0 Å². The summed E-state index contributed by atoms with van der Waals surface area (Å²) in [5, 5.41) is 19.1. The van der Waals surface area contributed by atoms with Gasteiger partial charge in [-0.1, -0.05) is 0 Å². The molecule has 0 atom stereocenters. The van der Waals surface area contributed by atoms with E-state index in [1.807, 2.05) is 6.07 Å². The molecular formula is C14H12N6O3. The first-order valence-corrected chi connectivity index (χ1v) is 6.61. The number of pyridine rings is 1. The number of anilines is 1. The second kappa shape index (κ2) is 6.10. The molecule has 3 aromatic rings. The monoisotopic (exact) mass is 312 g/mol. The van der Waals surface area contributed by atoms with Gasteiger partial charge in [-0.25, -0.2) is 0 Å². The van der Waals surface area contributed by atoms with Gasteiger partial charge in [0.15, 0.2) is 5.76 Å². The van der Waals surface area contributed by atoms with Crippen LogP contribution in [0.1, 0.15) is 5.56 Å². The first kappa shape index (κ1) is 14.4. The number of nitrogens with one attached hydrogen (secondary N) is 1. The largest absolute Gasteiger partial charge is 0.433 e. The van der Waals surface area contributed by atoms with Crippen molar-refractivity contribution in [1.82, 2.24) is 14.8 Å². The van der Waals surface area contributed by atoms with Crippen molar-refractivity contribution in [3.63, 3.8) is 0 Å². The zero-order chi connectivity index (χ0) is 16.2. The van der Waals surface area contributed by atoms with Gasteiger partial charge in [-0.05, 0) is 18.2 Å². The molecule has 0 saturated heterocycles. The van der Waals surface area contributed by atoms with Crippen LogP contribution in [0, 0.1) is 10.1 Å². The van der Waals surface area contributed by atoms with E-state index in [1.54, 1.807) is 42.6 Å². The topological polar surface area (TPSA) is 111 Å². The average molecular weight is 312 g/mol. The summed E-state index contributed by atoms with van der Waals surface area (Å²) in [6, 6.07) is 6.41. The van der Waals surface area contributed by atoms with Gasteiger partial charge in [-0.2, -0.15) is 10.2 Å². The van der Waals surface area contributed by atoms with Crippen LogP contribution < -0.4 is 5.43 Å². The Balaban J connectivity index is 1.84. The molecule has 0 aliphatic carbocycles. The van der Waals surface area contributed by atoms with Crippen molar-refractivity contribution in [2.75, 3.05) is 5.43 Å². The zero-order valence-corrected chi connectivity index (χ0v) is 12.1. The first-order valence-electron chi connectivity index (χ1n) is 6.61. The molecule has 0 radical (unpaired) electrons. The van der Waals surface area contributed by atoms with Crippen LogP contribution in [-0.4, -0.2) is 25.9 Å². The van der Waals surface area contributed by atoms with Crippen LogP contribution in [-0.2, 0) is 7.05 Å². The number of nitro groups is 1. The number of aryl methyl sites for hydroxylation is 1. The van der Waals surface area contributed by atoms with E-state index >= 15 is 0 Å². The van der Waals surface area contributed by atoms with Crippen molar-refractivity contribution in [2.24, 2.45) is 12.1 Å². The molecule has 0 amide bonds. The molecule has 0 saturated carbocycles. The lowest BCUT2D eigenvalue weighted by molar-refractivity contribution is -0.401. The van der Waals surface area contributed by atoms with Gasteiger partial charge in [0.05, 0.1) is 24.2 Å². The highest BCUT2D eigenvalue weighted by Gasteiger charge is 2.17. The summed E-state index contributed by atoms with van der Waals surface area (Å²) in [5.74, 6) is -0.0258. The molecule has 23 heavy (non-hydrogen) atoms. The van der Waals surface area contributed by atoms with E-state index < -0.39 is 4.92 Å². The Morgan fingerprint density at radius 3 is 3.00 bits per heavy atom. The van der Waals surface area contributed by atoms with Crippen LogP contribution in [0.5, 0.6) is 0 Å². The van der Waals surface area contributed by atoms with E-state index in [4.69, 9.17) is 4.42 Å². The Labute approximate surface area is 130 Å². The molecule has 1 N–H and O–H groups in total. The van der Waals surface area contributed by atoms with Crippen LogP contribution in [0.3, 0.4) is 0 Å². The third-order valence-electron chi connectivity index (χ3n) is 2.92. The summed E-state index contributed by atoms with van der Waals surface area (Å²) in [7, 11) is 1.74. The minimum Gasteiger partial charge on any atom is -0.399 e. The lowest BCUT2D eigenvalue weighted by Crippen LogP contribution is -1.91. The van der Waals surface area contributed by atoms with Crippen molar-refractivity contribution < 1.29 is 9.34 Å². The SMILES string of the molecule is Cn1cc(C=NNc2cccnc2)c(-c2ccc([N+](=O)[O-])o2)n1. The van der Waals surface area contributed by atoms with Gasteiger partial charge in [0, 0.05) is 25.0 Å². The zero-order valence-electron chi connectivity index (χ0n) is 12.1. The summed E-state index contributed by atoms with van der Waals surface area (Å²) >= 11 is 0. The van der Waals surface area contributed by atoms with Crippen LogP contribution in [0.2, 0.25) is 0 Å². The fourth-order valence-electron chi connectivity index (χ4n) is 1.95. The number of rotatable bonds is 5. The summed E-state index contributed by atoms with van der Waals surface area (Å²) in [4.78, 5) is 14.1. The minimum absolute atomic E-state index is 0.306. The van der Waals surface area contributed by atoms with E-state index in [9.17, 15) is 10.1 Å². The Hall–Kier alpha value is -3.49. The van der Waals surface area contributed by atoms with E-state index in [1.165, 1.54) is 12.1 Å². The van der Waals surface area contributed by atoms with Gasteiger partial charge in [-0.3, -0.25) is 25.2 Å². The number of nitrogens with zero attached hydrogens (tertiary/aromatic N) is 5. The molecular weight excluding hydrogens is 300 g/mol. The lowest BCUT2D eigenvalue weighted by atomic mass is 10.2. The molecule has 0 aromatic carbocycles. The maximum atomic E-state index is 10.7. The third kappa shape index (κ3) is 3.23. The number of aromatic nitrogens is 3. The summed E-state index contributed by atoms with van der Waals surface area (Å²) in [5.41, 5.74) is 4.70. The molecule has 3 aromatic heterocycles. The third-order valence-corrected chi connectivity index (χ3v) is 2.92. The Morgan fingerprint density at radius 1 is 1.43 bits per heavy atom. The average Bonchev–Trinajstić information content (AvgIpc) is 3.15. The van der Waals surface area contributed by atoms with Crippen LogP contribution >= 0.6 is 0 Å². The van der Waals surface area contributed by atoms with Gasteiger partial charge >= 0.3 is 5.88 Å². The number of hydrogen-bond donors (Lipinski definition) is 1. The van der Waals surface area contributed by atoms with Gasteiger partial charge in [0.1, 0.15) is 10.6 Å². The second-order valence-corrected chi connectivity index (χ2v) is 4.61. The maximum Gasteiger partial charge on any atom is 0.433 e. The second-order valence-electron chi connectivity index (χ2n) is 4.61. The van der Waals surface area contributed by atoms with E-state index in [0.29, 0.717) is 17.0 Å². The predicted molar refractivity (Wildman–Crippen MR) is 83.0 cm³/mol. The lowest BCUT2D eigenvalue weighted by Gasteiger charge is -1.97. The fourth-order valence-corrected chi connectivity index (χ4v) is 1.95. The fraction of sp³-hybridized carbons (Fsp3) is 0.0714. The van der Waals surface area contributed by atoms with Crippen LogP contribution in [0.4, 0.5) is 11.6 Å². The minimum atomic E-state index is -0.593. The van der Waals surface area contributed by atoms with Crippen molar-refractivity contribution in [2.45, 2.75) is 0 Å². The van der Waals surface area contributed by atoms with E-state index in [-0.39, 0.29) is 5.88 Å². The Morgan fingerprint density at radius 2 is 2.30 bits per heavy atom. The molecule has 3 heterocycles. The van der Waals surface area contributed by atoms with Crippen molar-refractivity contribution in [3.8, 4) is 11.5 Å². The summed E-state index contributed by atoms with van der Waals surface area (Å²) in [6.45, 7) is 0. The van der Waals surface area contributed by atoms with Crippen molar-refractivity contribution in [1.29, 1.82) is 0 Å². The highest BCUT2D eigenvalue weighted by atomic mass is 16.6. The molecule has 0 unspecified atom stereocenters. The normalized spacial score (nSPS) is 11.0. The van der Waals surface area contributed by atoms with E-state index in [0.717, 1.165) is 5.69 Å². The smallest absolute Gasteiger partial charge is 0.399 e. The summed E-state index contributed by atoms with van der Waals surface area (Å²) < 4.78 is 6.76. The van der Waals surface area contributed by atoms with Crippen LogP contribution in [0.15, 0.2) is 52.4 Å². The molecule has 9 heteroatoms. The number of hydrazone groups is 1. The first-order chi connectivity index (χ1) is 11.1. The molecule has 0 bridgehead atoms. The quantitative estimate of drug-likeness (QED) is 0.440. The van der Waals surface area contributed by atoms with Crippen molar-refractivity contribution in [3.05, 3.63) is 58.5 Å². The standard InChI is InChI=1S/C14H12N6O3/c1-19-9-10(7-16-17-11-3-2-6-15-8-11)14(18-19)12-4-5-13(23-12)20(21)22/h2-9,17H,1H3. The van der Waals surface area contributed by atoms with Gasteiger partial charge in [0.25, 0.3) is 0 Å². The molecule has 0 fully saturated rings. The Kier molecular flexibility index (Phi) is 3.83. The highest BCUT2D eigenvalue weighted by molar-refractivity contribution is 5.88. The predicted octanol–water partition coefficient (Wildman–Crippen LogP) is 2.43. The maximum absolute atomic E-state index is 10.7. The molecule has 0 aliphatic heterocycles. The molecule has 0 spiro atoms. The highest BCUT2D eigenvalue weighted by Crippen LogP contribution is 2.26.